The minimum Gasteiger partial charge on any atom is -1.00 e. The Bertz CT molecular complexity index is 751. The van der Waals surface area contributed by atoms with E-state index in [9.17, 15) is 0 Å². The molecular formula is C31H42ClN. The van der Waals surface area contributed by atoms with Crippen LogP contribution >= 0.6 is 0 Å². The third-order valence-corrected chi connectivity index (χ3v) is 6.70. The molecule has 2 N–H and O–H groups in total. The van der Waals surface area contributed by atoms with Gasteiger partial charge in [-0.15, -0.1) is 0 Å². The molecule has 0 amide bonds. The molecule has 0 spiro atoms. The molecule has 0 aliphatic rings. The van der Waals surface area contributed by atoms with Gasteiger partial charge in [0.2, 0.25) is 0 Å². The van der Waals surface area contributed by atoms with E-state index in [0.29, 0.717) is 0 Å². The van der Waals surface area contributed by atoms with E-state index in [1.54, 1.807) is 0 Å². The Balaban J connectivity index is 0.00000385. The molecule has 0 radical (unpaired) electrons. The molecule has 0 unspecified atom stereocenters. The maximum atomic E-state index is 2.58. The van der Waals surface area contributed by atoms with Crippen molar-refractivity contribution >= 4 is 0 Å². The fourth-order valence-corrected chi connectivity index (χ4v) is 4.91. The van der Waals surface area contributed by atoms with E-state index in [-0.39, 0.29) is 17.9 Å². The van der Waals surface area contributed by atoms with Crippen molar-refractivity contribution in [1.82, 2.24) is 0 Å². The minimum absolute atomic E-state index is 0. The van der Waals surface area contributed by atoms with E-state index in [1.807, 2.05) is 0 Å². The number of hydrogen-bond donors (Lipinski definition) is 1. The zero-order valence-corrected chi connectivity index (χ0v) is 21.1. The second-order valence-electron chi connectivity index (χ2n) is 9.08. The maximum absolute atomic E-state index is 2.58. The van der Waals surface area contributed by atoms with Crippen molar-refractivity contribution in [2.24, 2.45) is 0 Å². The van der Waals surface area contributed by atoms with Gasteiger partial charge in [0.25, 0.3) is 0 Å². The van der Waals surface area contributed by atoms with Crippen molar-refractivity contribution in [2.75, 3.05) is 6.54 Å². The van der Waals surface area contributed by atoms with Gasteiger partial charge in [0, 0.05) is 16.7 Å². The van der Waals surface area contributed by atoms with Crippen LogP contribution in [-0.4, -0.2) is 6.54 Å². The smallest absolute Gasteiger partial charge is 0.173 e. The van der Waals surface area contributed by atoms with Crippen LogP contribution in [0.2, 0.25) is 0 Å². The molecule has 178 valence electrons. The second-order valence-corrected chi connectivity index (χ2v) is 9.08. The zero-order valence-electron chi connectivity index (χ0n) is 20.4. The van der Waals surface area contributed by atoms with Crippen molar-refractivity contribution in [3.05, 3.63) is 108 Å². The van der Waals surface area contributed by atoms with E-state index in [4.69, 9.17) is 0 Å². The van der Waals surface area contributed by atoms with E-state index >= 15 is 0 Å². The van der Waals surface area contributed by atoms with Gasteiger partial charge in [0.1, 0.15) is 0 Å². The topological polar surface area (TPSA) is 16.6 Å². The first-order chi connectivity index (χ1) is 15.9. The fraction of sp³-hybridized carbons (Fsp3) is 0.419. The van der Waals surface area contributed by atoms with Crippen molar-refractivity contribution in [2.45, 2.75) is 76.7 Å². The van der Waals surface area contributed by atoms with Gasteiger partial charge in [-0.25, -0.2) is 0 Å². The van der Waals surface area contributed by atoms with Crippen molar-refractivity contribution < 1.29 is 17.7 Å². The fourth-order valence-electron chi connectivity index (χ4n) is 4.91. The average molecular weight is 464 g/mol. The van der Waals surface area contributed by atoms with E-state index in [1.165, 1.54) is 80.9 Å². The zero-order chi connectivity index (χ0) is 22.3. The number of benzene rings is 3. The molecule has 0 atom stereocenters. The van der Waals surface area contributed by atoms with Crippen molar-refractivity contribution in [3.63, 3.8) is 0 Å². The summed E-state index contributed by atoms with van der Waals surface area (Å²) >= 11 is 0. The second kappa shape index (κ2) is 15.7. The molecule has 0 aliphatic heterocycles. The predicted octanol–water partition coefficient (Wildman–Crippen LogP) is 4.47. The number of quaternary nitrogens is 1. The highest BCUT2D eigenvalue weighted by atomic mass is 35.5. The summed E-state index contributed by atoms with van der Waals surface area (Å²) in [5, 5.41) is 2.58. The monoisotopic (exact) mass is 463 g/mol. The Kier molecular flexibility index (Phi) is 12.9. The van der Waals surface area contributed by atoms with Gasteiger partial charge >= 0.3 is 0 Å². The van der Waals surface area contributed by atoms with Crippen LogP contribution in [-0.2, 0) is 5.54 Å². The van der Waals surface area contributed by atoms with E-state index in [0.717, 1.165) is 6.54 Å². The molecule has 0 aliphatic carbocycles. The molecule has 1 nitrogen and oxygen atoms in total. The summed E-state index contributed by atoms with van der Waals surface area (Å²) in [5.41, 5.74) is 3.85. The van der Waals surface area contributed by atoms with Crippen LogP contribution in [0.4, 0.5) is 0 Å². The summed E-state index contributed by atoms with van der Waals surface area (Å²) in [7, 11) is 0. The molecule has 0 saturated carbocycles. The SMILES string of the molecule is CCCCCCCCCCCC[NH2+]C(c1ccccc1)(c1ccccc1)c1ccccc1.[Cl-]. The first-order valence-corrected chi connectivity index (χ1v) is 12.9. The third-order valence-electron chi connectivity index (χ3n) is 6.70. The lowest BCUT2D eigenvalue weighted by Gasteiger charge is -2.33. The molecule has 3 rings (SSSR count). The molecule has 2 heteroatoms. The standard InChI is InChI=1S/C31H41N.ClH/c1-2-3-4-5-6-7-8-9-10-20-27-32-31(28-21-14-11-15-22-28,29-23-16-12-17-24-29)30-25-18-13-19-26-30;/h11-19,21-26,32H,2-10,20,27H2,1H3;1H. The van der Waals surface area contributed by atoms with Crippen LogP contribution < -0.4 is 17.7 Å². The first kappa shape index (κ1) is 27.2. The van der Waals surface area contributed by atoms with E-state index < -0.39 is 0 Å². The summed E-state index contributed by atoms with van der Waals surface area (Å²) in [5.74, 6) is 0. The molecule has 33 heavy (non-hydrogen) atoms. The van der Waals surface area contributed by atoms with Crippen LogP contribution in [0, 0.1) is 0 Å². The van der Waals surface area contributed by atoms with Gasteiger partial charge in [0.15, 0.2) is 5.54 Å². The summed E-state index contributed by atoms with van der Waals surface area (Å²) in [6.07, 6.45) is 13.8. The molecular weight excluding hydrogens is 422 g/mol. The maximum Gasteiger partial charge on any atom is 0.173 e. The van der Waals surface area contributed by atoms with Crippen LogP contribution in [0.1, 0.15) is 87.8 Å². The lowest BCUT2D eigenvalue weighted by atomic mass is 9.77. The summed E-state index contributed by atoms with van der Waals surface area (Å²) < 4.78 is 0. The highest BCUT2D eigenvalue weighted by Gasteiger charge is 2.39. The molecule has 0 saturated heterocycles. The summed E-state index contributed by atoms with van der Waals surface area (Å²) in [6.45, 7) is 3.42. The van der Waals surface area contributed by atoms with E-state index in [2.05, 4.69) is 103 Å². The predicted molar refractivity (Wildman–Crippen MR) is 138 cm³/mol. The number of nitrogens with two attached hydrogens (primary N) is 1. The average Bonchev–Trinajstić information content (AvgIpc) is 2.87. The summed E-state index contributed by atoms with van der Waals surface area (Å²) in [4.78, 5) is 0. The van der Waals surface area contributed by atoms with Crippen molar-refractivity contribution in [3.8, 4) is 0 Å². The number of unbranched alkanes of at least 4 members (excludes halogenated alkanes) is 9. The van der Waals surface area contributed by atoms with Gasteiger partial charge in [-0.05, 0) is 12.8 Å². The molecule has 3 aromatic rings. The number of hydrogen-bond acceptors (Lipinski definition) is 0. The highest BCUT2D eigenvalue weighted by Crippen LogP contribution is 2.32. The van der Waals surface area contributed by atoms with Crippen LogP contribution in [0.5, 0.6) is 0 Å². The Hall–Kier alpha value is -2.09. The lowest BCUT2D eigenvalue weighted by Crippen LogP contribution is -3.00. The Labute approximate surface area is 208 Å². The first-order valence-electron chi connectivity index (χ1n) is 12.9. The Morgan fingerprint density at radius 3 is 1.18 bits per heavy atom. The molecule has 0 heterocycles. The normalized spacial score (nSPS) is 11.2. The minimum atomic E-state index is -0.205. The number of halogens is 1. The highest BCUT2D eigenvalue weighted by molar-refractivity contribution is 5.46. The summed E-state index contributed by atoms with van der Waals surface area (Å²) in [6, 6.07) is 33.1. The number of rotatable bonds is 15. The van der Waals surface area contributed by atoms with Crippen molar-refractivity contribution in [1.29, 1.82) is 0 Å². The van der Waals surface area contributed by atoms with Gasteiger partial charge in [-0.3, -0.25) is 0 Å². The van der Waals surface area contributed by atoms with Gasteiger partial charge in [-0.2, -0.15) is 0 Å². The molecule has 0 bridgehead atoms. The van der Waals surface area contributed by atoms with Gasteiger partial charge < -0.3 is 17.7 Å². The molecule has 0 aromatic heterocycles. The van der Waals surface area contributed by atoms with Crippen LogP contribution in [0.25, 0.3) is 0 Å². The third kappa shape index (κ3) is 8.02. The van der Waals surface area contributed by atoms with Crippen LogP contribution in [0.15, 0.2) is 91.0 Å². The Morgan fingerprint density at radius 1 is 0.485 bits per heavy atom. The van der Waals surface area contributed by atoms with Gasteiger partial charge in [-0.1, -0.05) is 149 Å². The lowest BCUT2D eigenvalue weighted by molar-refractivity contribution is -0.716. The quantitative estimate of drug-likeness (QED) is 0.253. The van der Waals surface area contributed by atoms with Crippen LogP contribution in [0.3, 0.4) is 0 Å². The van der Waals surface area contributed by atoms with Gasteiger partial charge in [0.05, 0.1) is 6.54 Å². The Morgan fingerprint density at radius 2 is 0.818 bits per heavy atom. The largest absolute Gasteiger partial charge is 1.00 e. The molecule has 3 aromatic carbocycles. The molecule has 0 fully saturated rings.